The highest BCUT2D eigenvalue weighted by molar-refractivity contribution is 8.00. The monoisotopic (exact) mass is 309 g/mol. The molecule has 0 saturated heterocycles. The molecule has 0 bridgehead atoms. The fourth-order valence-corrected chi connectivity index (χ4v) is 2.91. The lowest BCUT2D eigenvalue weighted by Gasteiger charge is -2.34. The molecule has 4 nitrogen and oxygen atoms in total. The summed E-state index contributed by atoms with van der Waals surface area (Å²) in [5, 5.41) is 8.96. The molecular weight excluding hydrogens is 286 g/mol. The minimum absolute atomic E-state index is 0.157. The summed E-state index contributed by atoms with van der Waals surface area (Å²) in [7, 11) is 0. The molecule has 0 heterocycles. The maximum atomic E-state index is 12.3. The minimum Gasteiger partial charge on any atom is -0.480 e. The maximum Gasteiger partial charge on any atom is 0.323 e. The third kappa shape index (κ3) is 5.42. The van der Waals surface area contributed by atoms with Gasteiger partial charge in [0, 0.05) is 10.4 Å². The first-order valence-corrected chi connectivity index (χ1v) is 7.82. The van der Waals surface area contributed by atoms with Gasteiger partial charge in [0.15, 0.2) is 0 Å². The van der Waals surface area contributed by atoms with Crippen LogP contribution in [0.2, 0.25) is 0 Å². The molecule has 116 valence electrons. The molecule has 0 aliphatic heterocycles. The van der Waals surface area contributed by atoms with Crippen LogP contribution in [0.15, 0.2) is 23.1 Å². The van der Waals surface area contributed by atoms with Gasteiger partial charge >= 0.3 is 5.97 Å². The van der Waals surface area contributed by atoms with Crippen molar-refractivity contribution in [2.45, 2.75) is 45.1 Å². The summed E-state index contributed by atoms with van der Waals surface area (Å²) in [5.74, 6) is -0.903. The molecule has 1 rings (SSSR count). The summed E-state index contributed by atoms with van der Waals surface area (Å²) in [6, 6.07) is 6.11. The number of carboxylic acids is 1. The summed E-state index contributed by atoms with van der Waals surface area (Å²) in [6.07, 6.45) is 0. The number of carboxylic acid groups (broad SMARTS) is 1. The van der Waals surface area contributed by atoms with Crippen LogP contribution < -0.4 is 0 Å². The lowest BCUT2D eigenvalue weighted by Crippen LogP contribution is -2.49. The zero-order valence-corrected chi connectivity index (χ0v) is 14.1. The Morgan fingerprint density at radius 2 is 1.86 bits per heavy atom. The van der Waals surface area contributed by atoms with E-state index in [1.54, 1.807) is 0 Å². The highest BCUT2D eigenvalue weighted by atomic mass is 32.2. The van der Waals surface area contributed by atoms with E-state index >= 15 is 0 Å². The van der Waals surface area contributed by atoms with Crippen LogP contribution in [-0.2, 0) is 9.59 Å². The van der Waals surface area contributed by atoms with Crippen LogP contribution in [0.4, 0.5) is 0 Å². The van der Waals surface area contributed by atoms with Gasteiger partial charge in [-0.25, -0.2) is 0 Å². The lowest BCUT2D eigenvalue weighted by molar-refractivity contribution is -0.146. The van der Waals surface area contributed by atoms with Gasteiger partial charge in [0.1, 0.15) is 6.54 Å². The van der Waals surface area contributed by atoms with Crippen molar-refractivity contribution < 1.29 is 14.7 Å². The molecule has 0 spiro atoms. The number of aliphatic carboxylic acids is 1. The van der Waals surface area contributed by atoms with Crippen LogP contribution in [0.5, 0.6) is 0 Å². The molecule has 1 N–H and O–H groups in total. The van der Waals surface area contributed by atoms with Gasteiger partial charge in [-0.2, -0.15) is 0 Å². The van der Waals surface area contributed by atoms with E-state index < -0.39 is 11.5 Å². The number of thioether (sulfide) groups is 1. The molecule has 21 heavy (non-hydrogen) atoms. The van der Waals surface area contributed by atoms with Crippen molar-refractivity contribution in [1.82, 2.24) is 4.90 Å². The molecule has 5 heteroatoms. The fourth-order valence-electron chi connectivity index (χ4n) is 1.91. The number of benzene rings is 1. The predicted molar refractivity (Wildman–Crippen MR) is 85.7 cm³/mol. The van der Waals surface area contributed by atoms with Crippen LogP contribution in [0.25, 0.3) is 0 Å². The number of rotatable bonds is 5. The second-order valence-corrected chi connectivity index (χ2v) is 7.12. The van der Waals surface area contributed by atoms with Crippen molar-refractivity contribution in [3.05, 3.63) is 29.3 Å². The predicted octanol–water partition coefficient (Wildman–Crippen LogP) is 3.11. The minimum atomic E-state index is -0.991. The third-order valence-corrected chi connectivity index (χ3v) is 4.24. The molecule has 0 fully saturated rings. The number of carbonyl (C=O) groups is 2. The molecule has 0 saturated carbocycles. The second kappa shape index (κ2) is 6.98. The highest BCUT2D eigenvalue weighted by Crippen LogP contribution is 2.25. The fraction of sp³-hybridized carbons (Fsp3) is 0.500. The molecule has 1 aromatic carbocycles. The van der Waals surface area contributed by atoms with Crippen molar-refractivity contribution in [3.8, 4) is 0 Å². The van der Waals surface area contributed by atoms with E-state index in [0.717, 1.165) is 16.0 Å². The van der Waals surface area contributed by atoms with Gasteiger partial charge in [0.2, 0.25) is 5.91 Å². The Morgan fingerprint density at radius 3 is 2.38 bits per heavy atom. The number of nitrogens with zero attached hydrogens (tertiary/aromatic N) is 1. The zero-order valence-electron chi connectivity index (χ0n) is 13.3. The van der Waals surface area contributed by atoms with Crippen LogP contribution in [-0.4, -0.2) is 39.7 Å². The molecule has 0 atom stereocenters. The number of aryl methyl sites for hydroxylation is 2. The molecule has 0 radical (unpaired) electrons. The lowest BCUT2D eigenvalue weighted by atomic mass is 10.1. The molecule has 0 aliphatic rings. The Labute approximate surface area is 130 Å². The topological polar surface area (TPSA) is 57.6 Å². The summed E-state index contributed by atoms with van der Waals surface area (Å²) >= 11 is 1.46. The zero-order chi connectivity index (χ0) is 16.2. The number of hydrogen-bond acceptors (Lipinski definition) is 3. The van der Waals surface area contributed by atoms with Crippen molar-refractivity contribution in [3.63, 3.8) is 0 Å². The van der Waals surface area contributed by atoms with E-state index in [1.807, 2.05) is 52.8 Å². The Balaban J connectivity index is 2.78. The number of amides is 1. The van der Waals surface area contributed by atoms with Crippen LogP contribution >= 0.6 is 11.8 Å². The molecule has 0 aliphatic carbocycles. The quantitative estimate of drug-likeness (QED) is 0.849. The first-order valence-electron chi connectivity index (χ1n) is 6.83. The Morgan fingerprint density at radius 1 is 1.24 bits per heavy atom. The Hall–Kier alpha value is -1.49. The normalized spacial score (nSPS) is 11.3. The Bertz CT molecular complexity index is 535. The summed E-state index contributed by atoms with van der Waals surface area (Å²) in [5.41, 5.74) is 1.77. The van der Waals surface area contributed by atoms with E-state index in [0.29, 0.717) is 0 Å². The van der Waals surface area contributed by atoms with Crippen LogP contribution in [0.3, 0.4) is 0 Å². The van der Waals surface area contributed by atoms with Crippen molar-refractivity contribution in [1.29, 1.82) is 0 Å². The highest BCUT2D eigenvalue weighted by Gasteiger charge is 2.28. The summed E-state index contributed by atoms with van der Waals surface area (Å²) in [6.45, 7) is 9.28. The summed E-state index contributed by atoms with van der Waals surface area (Å²) < 4.78 is 0. The van der Waals surface area contributed by atoms with Gasteiger partial charge in [0.05, 0.1) is 5.75 Å². The van der Waals surface area contributed by atoms with Crippen LogP contribution in [0.1, 0.15) is 31.9 Å². The molecule has 1 amide bonds. The largest absolute Gasteiger partial charge is 0.480 e. The first-order chi connectivity index (χ1) is 9.61. The van der Waals surface area contributed by atoms with Crippen molar-refractivity contribution >= 4 is 23.6 Å². The smallest absolute Gasteiger partial charge is 0.323 e. The van der Waals surface area contributed by atoms with Crippen molar-refractivity contribution in [2.24, 2.45) is 0 Å². The molecule has 1 aromatic rings. The van der Waals surface area contributed by atoms with Crippen LogP contribution in [0, 0.1) is 13.8 Å². The average Bonchev–Trinajstić information content (AvgIpc) is 2.35. The average molecular weight is 309 g/mol. The molecule has 0 unspecified atom stereocenters. The van der Waals surface area contributed by atoms with E-state index in [-0.39, 0.29) is 18.2 Å². The molecular formula is C16H23NO3S. The SMILES string of the molecule is Cc1ccc(C)c(SCC(=O)N(CC(=O)O)C(C)(C)C)c1. The number of carbonyl (C=O) groups excluding carboxylic acids is 1. The maximum absolute atomic E-state index is 12.3. The van der Waals surface area contributed by atoms with Gasteiger partial charge in [-0.3, -0.25) is 9.59 Å². The number of hydrogen-bond donors (Lipinski definition) is 1. The van der Waals surface area contributed by atoms with E-state index in [4.69, 9.17) is 5.11 Å². The van der Waals surface area contributed by atoms with Crippen molar-refractivity contribution in [2.75, 3.05) is 12.3 Å². The van der Waals surface area contributed by atoms with Gasteiger partial charge in [-0.1, -0.05) is 17.7 Å². The second-order valence-electron chi connectivity index (χ2n) is 6.10. The van der Waals surface area contributed by atoms with Gasteiger partial charge in [0.25, 0.3) is 0 Å². The van der Waals surface area contributed by atoms with Gasteiger partial charge < -0.3 is 10.0 Å². The third-order valence-electron chi connectivity index (χ3n) is 3.10. The van der Waals surface area contributed by atoms with E-state index in [9.17, 15) is 9.59 Å². The van der Waals surface area contributed by atoms with Gasteiger partial charge in [-0.15, -0.1) is 11.8 Å². The summed E-state index contributed by atoms with van der Waals surface area (Å²) in [4.78, 5) is 25.7. The van der Waals surface area contributed by atoms with E-state index in [1.165, 1.54) is 16.7 Å². The van der Waals surface area contributed by atoms with Gasteiger partial charge in [-0.05, 0) is 46.2 Å². The standard InChI is InChI=1S/C16H23NO3S/c1-11-6-7-12(2)13(8-11)21-10-14(18)17(9-15(19)20)16(3,4)5/h6-8H,9-10H2,1-5H3,(H,19,20). The molecule has 0 aromatic heterocycles. The van der Waals surface area contributed by atoms with E-state index in [2.05, 4.69) is 0 Å². The first kappa shape index (κ1) is 17.6. The Kier molecular flexibility index (Phi) is 5.84.